The zero-order chi connectivity index (χ0) is 23.2. The average molecular weight is 456 g/mol. The summed E-state index contributed by atoms with van der Waals surface area (Å²) in [6, 6.07) is 11.3. The van der Waals surface area contributed by atoms with E-state index >= 15 is 0 Å². The largest absolute Gasteiger partial charge is 0.478 e. The number of aromatic carboxylic acids is 1. The summed E-state index contributed by atoms with van der Waals surface area (Å²) < 4.78 is 32.6. The maximum absolute atomic E-state index is 13.5. The van der Waals surface area contributed by atoms with Gasteiger partial charge in [-0.2, -0.15) is 0 Å². The minimum absolute atomic E-state index is 0.0102. The van der Waals surface area contributed by atoms with Gasteiger partial charge in [0.2, 0.25) is 0 Å². The Hall–Kier alpha value is -2.80. The van der Waals surface area contributed by atoms with Crippen LogP contribution in [0.3, 0.4) is 0 Å². The second kappa shape index (κ2) is 8.52. The number of halogens is 2. The lowest BCUT2D eigenvalue weighted by Crippen LogP contribution is -2.44. The Kier molecular flexibility index (Phi) is 5.69. The topological polar surface area (TPSA) is 66.8 Å². The number of alkyl halides is 2. The molecule has 0 unspecified atom stereocenters. The second-order valence-corrected chi connectivity index (χ2v) is 9.48. The van der Waals surface area contributed by atoms with Crippen LogP contribution in [0.4, 0.5) is 8.78 Å². The Labute approximate surface area is 191 Å². The number of likely N-dealkylation sites (tertiary alicyclic amines) is 1. The number of carbonyl (C=O) groups excluding carboxylic acids is 1. The number of carboxylic acid groups (broad SMARTS) is 1. The van der Waals surface area contributed by atoms with E-state index in [-0.39, 0.29) is 34.1 Å². The summed E-state index contributed by atoms with van der Waals surface area (Å²) in [5, 5.41) is 9.25. The van der Waals surface area contributed by atoms with Crippen LogP contribution >= 0.6 is 0 Å². The van der Waals surface area contributed by atoms with Gasteiger partial charge < -0.3 is 14.7 Å². The molecule has 3 aliphatic rings. The highest BCUT2D eigenvalue weighted by Crippen LogP contribution is 2.65. The number of benzene rings is 2. The van der Waals surface area contributed by atoms with E-state index in [1.54, 1.807) is 0 Å². The van der Waals surface area contributed by atoms with Crippen molar-refractivity contribution in [2.45, 2.75) is 50.6 Å². The third-order valence-corrected chi connectivity index (χ3v) is 7.63. The molecule has 0 bridgehead atoms. The van der Waals surface area contributed by atoms with Gasteiger partial charge in [0.05, 0.1) is 5.56 Å². The maximum Gasteiger partial charge on any atom is 0.335 e. The van der Waals surface area contributed by atoms with Gasteiger partial charge in [-0.25, -0.2) is 13.6 Å². The molecule has 5 nitrogen and oxygen atoms in total. The van der Waals surface area contributed by atoms with E-state index < -0.39 is 12.4 Å². The molecule has 1 spiro atoms. The fraction of sp³-hybridized carbons (Fsp3) is 0.462. The van der Waals surface area contributed by atoms with Crippen LogP contribution in [0.1, 0.15) is 65.9 Å². The SMILES string of the molecule is O=C(O)c1ccc(C(F)F)c(-c2ccc([C@@H]3CC34CCN(C(=O)[C@H]3CCCO3)CC4)cc2)c1. The van der Waals surface area contributed by atoms with Crippen LogP contribution in [-0.4, -0.2) is 47.7 Å². The van der Waals surface area contributed by atoms with Crippen LogP contribution in [0.15, 0.2) is 42.5 Å². The van der Waals surface area contributed by atoms with Crippen molar-refractivity contribution in [1.82, 2.24) is 4.90 Å². The van der Waals surface area contributed by atoms with Crippen LogP contribution in [-0.2, 0) is 9.53 Å². The number of piperidine rings is 1. The van der Waals surface area contributed by atoms with Gasteiger partial charge in [-0.15, -0.1) is 0 Å². The first-order valence-electron chi connectivity index (χ1n) is 11.5. The van der Waals surface area contributed by atoms with E-state index in [9.17, 15) is 23.5 Å². The molecule has 3 fully saturated rings. The number of nitrogens with zero attached hydrogens (tertiary/aromatic N) is 1. The molecule has 1 aliphatic carbocycles. The van der Waals surface area contributed by atoms with Gasteiger partial charge in [0.15, 0.2) is 0 Å². The predicted octanol–water partition coefficient (Wildman–Crippen LogP) is 5.26. The predicted molar refractivity (Wildman–Crippen MR) is 118 cm³/mol. The lowest BCUT2D eigenvalue weighted by Gasteiger charge is -2.34. The van der Waals surface area contributed by atoms with E-state index in [1.807, 2.05) is 29.2 Å². The van der Waals surface area contributed by atoms with Crippen molar-refractivity contribution in [2.24, 2.45) is 5.41 Å². The molecular formula is C26H27F2NO4. The Bertz CT molecular complexity index is 1050. The highest BCUT2D eigenvalue weighted by molar-refractivity contribution is 5.90. The normalized spacial score (nSPS) is 23.8. The first kappa shape index (κ1) is 22.0. The number of carboxylic acids is 1. The molecule has 0 aromatic heterocycles. The van der Waals surface area contributed by atoms with Gasteiger partial charge in [0.25, 0.3) is 12.3 Å². The number of hydrogen-bond donors (Lipinski definition) is 1. The zero-order valence-electron chi connectivity index (χ0n) is 18.3. The lowest BCUT2D eigenvalue weighted by atomic mass is 9.88. The quantitative estimate of drug-likeness (QED) is 0.668. The smallest absolute Gasteiger partial charge is 0.335 e. The summed E-state index contributed by atoms with van der Waals surface area (Å²) in [7, 11) is 0. The fourth-order valence-electron chi connectivity index (χ4n) is 5.54. The first-order valence-corrected chi connectivity index (χ1v) is 11.5. The lowest BCUT2D eigenvalue weighted by molar-refractivity contribution is -0.142. The number of rotatable bonds is 5. The van der Waals surface area contributed by atoms with E-state index in [0.29, 0.717) is 18.1 Å². The maximum atomic E-state index is 13.5. The van der Waals surface area contributed by atoms with Crippen molar-refractivity contribution in [1.29, 1.82) is 0 Å². The second-order valence-electron chi connectivity index (χ2n) is 9.48. The molecule has 33 heavy (non-hydrogen) atoms. The molecule has 2 aromatic carbocycles. The van der Waals surface area contributed by atoms with Gasteiger partial charge in [-0.05, 0) is 72.3 Å². The van der Waals surface area contributed by atoms with Gasteiger partial charge in [0.1, 0.15) is 6.10 Å². The van der Waals surface area contributed by atoms with Gasteiger partial charge >= 0.3 is 5.97 Å². The van der Waals surface area contributed by atoms with Crippen molar-refractivity contribution in [2.75, 3.05) is 19.7 Å². The zero-order valence-corrected chi connectivity index (χ0v) is 18.3. The molecule has 1 saturated carbocycles. The molecule has 7 heteroatoms. The molecule has 0 radical (unpaired) electrons. The highest BCUT2D eigenvalue weighted by atomic mass is 19.3. The number of hydrogen-bond acceptors (Lipinski definition) is 3. The van der Waals surface area contributed by atoms with Gasteiger partial charge in [0, 0.05) is 25.3 Å². The standard InChI is InChI=1S/C26H27F2NO4/c27-23(28)19-8-7-18(25(31)32)14-20(19)16-3-5-17(6-4-16)21-15-26(21)9-11-29(12-10-26)24(30)22-2-1-13-33-22/h3-8,14,21-23H,1-2,9-13,15H2,(H,31,32)/t21-,22+/m0/s1. The average Bonchev–Trinajstić information content (AvgIpc) is 3.24. The van der Waals surface area contributed by atoms with Crippen molar-refractivity contribution < 1.29 is 28.2 Å². The number of carbonyl (C=O) groups is 2. The molecule has 2 atom stereocenters. The van der Waals surface area contributed by atoms with Crippen LogP contribution in [0.5, 0.6) is 0 Å². The van der Waals surface area contributed by atoms with Crippen molar-refractivity contribution >= 4 is 11.9 Å². The molecular weight excluding hydrogens is 428 g/mol. The third-order valence-electron chi connectivity index (χ3n) is 7.63. The van der Waals surface area contributed by atoms with E-state index in [4.69, 9.17) is 4.74 Å². The third kappa shape index (κ3) is 4.14. The Balaban J connectivity index is 1.28. The van der Waals surface area contributed by atoms with Crippen molar-refractivity contribution in [3.8, 4) is 11.1 Å². The van der Waals surface area contributed by atoms with E-state index in [1.165, 1.54) is 23.8 Å². The Morgan fingerprint density at radius 3 is 2.42 bits per heavy atom. The molecule has 2 saturated heterocycles. The fourth-order valence-corrected chi connectivity index (χ4v) is 5.54. The Morgan fingerprint density at radius 1 is 1.09 bits per heavy atom. The van der Waals surface area contributed by atoms with Crippen molar-refractivity contribution in [3.63, 3.8) is 0 Å². The molecule has 1 N–H and O–H groups in total. The summed E-state index contributed by atoms with van der Waals surface area (Å²) in [4.78, 5) is 25.9. The first-order chi connectivity index (χ1) is 15.9. The molecule has 5 rings (SSSR count). The van der Waals surface area contributed by atoms with E-state index in [2.05, 4.69) is 0 Å². The number of amides is 1. The molecule has 2 aliphatic heterocycles. The Morgan fingerprint density at radius 2 is 1.82 bits per heavy atom. The molecule has 2 heterocycles. The van der Waals surface area contributed by atoms with Gasteiger partial charge in [-0.1, -0.05) is 30.3 Å². The summed E-state index contributed by atoms with van der Waals surface area (Å²) in [6.07, 6.45) is 1.83. The summed E-state index contributed by atoms with van der Waals surface area (Å²) in [6.45, 7) is 2.19. The molecule has 1 amide bonds. The summed E-state index contributed by atoms with van der Waals surface area (Å²) in [5.41, 5.74) is 2.05. The minimum atomic E-state index is -2.68. The van der Waals surface area contributed by atoms with E-state index in [0.717, 1.165) is 45.2 Å². The molecule has 174 valence electrons. The van der Waals surface area contributed by atoms with Gasteiger partial charge in [-0.3, -0.25) is 4.79 Å². The minimum Gasteiger partial charge on any atom is -0.478 e. The van der Waals surface area contributed by atoms with Crippen LogP contribution < -0.4 is 0 Å². The van der Waals surface area contributed by atoms with Crippen LogP contribution in [0.2, 0.25) is 0 Å². The number of ether oxygens (including phenoxy) is 1. The summed E-state index contributed by atoms with van der Waals surface area (Å²) in [5.74, 6) is -0.605. The van der Waals surface area contributed by atoms with Crippen LogP contribution in [0.25, 0.3) is 11.1 Å². The highest BCUT2D eigenvalue weighted by Gasteiger charge is 2.55. The summed E-state index contributed by atoms with van der Waals surface area (Å²) >= 11 is 0. The van der Waals surface area contributed by atoms with Crippen molar-refractivity contribution in [3.05, 3.63) is 59.2 Å². The monoisotopic (exact) mass is 455 g/mol. The molecule has 2 aromatic rings. The van der Waals surface area contributed by atoms with Crippen LogP contribution in [0, 0.1) is 5.41 Å².